The van der Waals surface area contributed by atoms with E-state index in [-0.39, 0.29) is 24.4 Å². The molecule has 1 aromatic carbocycles. The molecule has 1 saturated heterocycles. The first-order chi connectivity index (χ1) is 10.5. The van der Waals surface area contributed by atoms with Crippen molar-refractivity contribution in [2.45, 2.75) is 24.9 Å². The number of aryl methyl sites for hydroxylation is 1. The van der Waals surface area contributed by atoms with Crippen molar-refractivity contribution in [3.8, 4) is 0 Å². The lowest BCUT2D eigenvalue weighted by Crippen LogP contribution is -3.00. The molecule has 0 radical (unpaired) electrons. The summed E-state index contributed by atoms with van der Waals surface area (Å²) in [5, 5.41) is 0. The van der Waals surface area contributed by atoms with Crippen LogP contribution in [0.3, 0.4) is 0 Å². The van der Waals surface area contributed by atoms with Crippen LogP contribution in [-0.4, -0.2) is 23.1 Å². The van der Waals surface area contributed by atoms with Gasteiger partial charge in [-0.15, -0.1) is 0 Å². The lowest BCUT2D eigenvalue weighted by atomic mass is 9.96. The fourth-order valence-electron chi connectivity index (χ4n) is 3.13. The third-order valence-electron chi connectivity index (χ3n) is 4.32. The van der Waals surface area contributed by atoms with E-state index in [1.54, 1.807) is 0 Å². The van der Waals surface area contributed by atoms with Crippen LogP contribution in [0.1, 0.15) is 18.9 Å². The second-order valence-electron chi connectivity index (χ2n) is 5.92. The number of benzene rings is 1. The van der Waals surface area contributed by atoms with Crippen molar-refractivity contribution in [1.82, 2.24) is 4.57 Å². The fourth-order valence-corrected chi connectivity index (χ4v) is 3.13. The number of anilines is 2. The van der Waals surface area contributed by atoms with Gasteiger partial charge in [-0.3, -0.25) is 4.79 Å². The third kappa shape index (κ3) is 3.59. The number of imidazole rings is 1. The number of carbonyl (C=O) groups is 1. The summed E-state index contributed by atoms with van der Waals surface area (Å²) in [5.74, 6) is -0.270. The molecule has 0 saturated carbocycles. The highest BCUT2D eigenvalue weighted by Crippen LogP contribution is 2.30. The van der Waals surface area contributed by atoms with Gasteiger partial charge in [0.25, 0.3) is 0 Å². The van der Waals surface area contributed by atoms with Gasteiger partial charge in [-0.05, 0) is 37.1 Å². The van der Waals surface area contributed by atoms with E-state index in [0.29, 0.717) is 11.7 Å². The number of rotatable bonds is 3. The van der Waals surface area contributed by atoms with Crippen LogP contribution in [0.2, 0.25) is 0 Å². The molecule has 2 unspecified atom stereocenters. The number of piperidine rings is 1. The first-order valence-electron chi connectivity index (χ1n) is 7.49. The number of hydrogen-bond acceptors (Lipinski definition) is 3. The fraction of sp³-hybridized carbons (Fsp3) is 0.375. The summed E-state index contributed by atoms with van der Waals surface area (Å²) >= 11 is 0. The summed E-state index contributed by atoms with van der Waals surface area (Å²) < 4.78 is 4.22. The topological polar surface area (TPSA) is 81.2 Å². The van der Waals surface area contributed by atoms with Crippen molar-refractivity contribution in [2.75, 3.05) is 17.2 Å². The second-order valence-corrected chi connectivity index (χ2v) is 5.92. The van der Waals surface area contributed by atoms with E-state index in [2.05, 4.69) is 22.0 Å². The highest BCUT2D eigenvalue weighted by Gasteiger charge is 2.34. The van der Waals surface area contributed by atoms with Crippen LogP contribution in [0.15, 0.2) is 43.0 Å². The zero-order valence-electron chi connectivity index (χ0n) is 13.1. The number of nitrogen functional groups attached to an aromatic ring is 1. The standard InChI is InChI=1S/C16H21N5O.ClH/c1-19-8-9-20(11-19)14-6-7-15(16(18)22)21(10-14)13-4-2-12(17)3-5-13;/h2-5,8-9,11,14-15H,6-7,10,17H2,1H3,(H-,18,22);1H. The Morgan fingerprint density at radius 3 is 2.52 bits per heavy atom. The average molecular weight is 336 g/mol. The van der Waals surface area contributed by atoms with Gasteiger partial charge in [0, 0.05) is 11.4 Å². The Kier molecular flexibility index (Phi) is 5.15. The van der Waals surface area contributed by atoms with Gasteiger partial charge in [0.1, 0.15) is 24.5 Å². The summed E-state index contributed by atoms with van der Waals surface area (Å²) in [4.78, 5) is 13.9. The van der Waals surface area contributed by atoms with Crippen LogP contribution in [0.25, 0.3) is 0 Å². The average Bonchev–Trinajstić information content (AvgIpc) is 2.94. The zero-order chi connectivity index (χ0) is 15.7. The quantitative estimate of drug-likeness (QED) is 0.484. The smallest absolute Gasteiger partial charge is 0.243 e. The first-order valence-corrected chi connectivity index (χ1v) is 7.49. The molecule has 4 N–H and O–H groups in total. The molecule has 0 bridgehead atoms. The van der Waals surface area contributed by atoms with Gasteiger partial charge in [0.2, 0.25) is 12.2 Å². The van der Waals surface area contributed by atoms with E-state index in [9.17, 15) is 4.79 Å². The number of halogens is 1. The molecule has 0 aliphatic carbocycles. The van der Waals surface area contributed by atoms with Crippen LogP contribution in [0.4, 0.5) is 11.4 Å². The van der Waals surface area contributed by atoms with Gasteiger partial charge in [0.15, 0.2) is 0 Å². The number of nitrogens with two attached hydrogens (primary N) is 2. The number of nitrogens with zero attached hydrogens (tertiary/aromatic N) is 3. The molecule has 0 spiro atoms. The van der Waals surface area contributed by atoms with E-state index in [1.165, 1.54) is 0 Å². The lowest BCUT2D eigenvalue weighted by molar-refractivity contribution is -0.671. The monoisotopic (exact) mass is 335 g/mol. The van der Waals surface area contributed by atoms with Crippen molar-refractivity contribution in [3.05, 3.63) is 43.0 Å². The summed E-state index contributed by atoms with van der Waals surface area (Å²) in [6, 6.07) is 7.67. The van der Waals surface area contributed by atoms with Crippen molar-refractivity contribution in [3.63, 3.8) is 0 Å². The molecule has 23 heavy (non-hydrogen) atoms. The summed E-state index contributed by atoms with van der Waals surface area (Å²) in [5.41, 5.74) is 13.1. The Labute approximate surface area is 142 Å². The summed E-state index contributed by atoms with van der Waals surface area (Å²) in [7, 11) is 2.00. The molecule has 1 amide bonds. The molecule has 1 aliphatic heterocycles. The molecule has 7 heteroatoms. The molecule has 1 aromatic heterocycles. The lowest BCUT2D eigenvalue weighted by Gasteiger charge is -2.38. The zero-order valence-corrected chi connectivity index (χ0v) is 13.9. The maximum atomic E-state index is 11.8. The van der Waals surface area contributed by atoms with Crippen LogP contribution in [0.5, 0.6) is 0 Å². The third-order valence-corrected chi connectivity index (χ3v) is 4.32. The minimum Gasteiger partial charge on any atom is -1.00 e. The van der Waals surface area contributed by atoms with Crippen molar-refractivity contribution in [1.29, 1.82) is 0 Å². The van der Waals surface area contributed by atoms with Gasteiger partial charge in [-0.2, -0.15) is 0 Å². The van der Waals surface area contributed by atoms with Crippen LogP contribution in [0, 0.1) is 0 Å². The second kappa shape index (κ2) is 6.91. The van der Waals surface area contributed by atoms with Crippen LogP contribution >= 0.6 is 0 Å². The highest BCUT2D eigenvalue weighted by atomic mass is 35.5. The highest BCUT2D eigenvalue weighted by molar-refractivity contribution is 5.84. The van der Waals surface area contributed by atoms with E-state index < -0.39 is 0 Å². The minimum absolute atomic E-state index is 0. The van der Waals surface area contributed by atoms with Gasteiger partial charge in [-0.25, -0.2) is 9.13 Å². The predicted octanol–water partition coefficient (Wildman–Crippen LogP) is -2.41. The van der Waals surface area contributed by atoms with E-state index in [0.717, 1.165) is 25.1 Å². The largest absolute Gasteiger partial charge is 1.00 e. The SMILES string of the molecule is C[n+]1ccn(C2CCC(C(N)=O)N(c3ccc(N)cc3)C2)c1.[Cl-]. The van der Waals surface area contributed by atoms with E-state index in [4.69, 9.17) is 11.5 Å². The maximum absolute atomic E-state index is 11.8. The van der Waals surface area contributed by atoms with Crippen LogP contribution < -0.4 is 33.3 Å². The van der Waals surface area contributed by atoms with Gasteiger partial charge < -0.3 is 28.8 Å². The molecule has 6 nitrogen and oxygen atoms in total. The Bertz CT molecular complexity index is 669. The van der Waals surface area contributed by atoms with Gasteiger partial charge in [-0.1, -0.05) is 0 Å². The summed E-state index contributed by atoms with van der Waals surface area (Å²) in [6.07, 6.45) is 7.85. The molecule has 1 aliphatic rings. The Balaban J connectivity index is 0.00000192. The van der Waals surface area contributed by atoms with Crippen LogP contribution in [-0.2, 0) is 11.8 Å². The normalized spacial score (nSPS) is 20.8. The summed E-state index contributed by atoms with van der Waals surface area (Å²) in [6.45, 7) is 0.756. The molecule has 2 atom stereocenters. The number of carbonyl (C=O) groups excluding carboxylic acids is 1. The van der Waals surface area contributed by atoms with Crippen molar-refractivity contribution >= 4 is 17.3 Å². The number of amides is 1. The predicted molar refractivity (Wildman–Crippen MR) is 85.1 cm³/mol. The Morgan fingerprint density at radius 1 is 1.26 bits per heavy atom. The minimum atomic E-state index is -0.270. The van der Waals surface area contributed by atoms with E-state index in [1.807, 2.05) is 42.1 Å². The Hall–Kier alpha value is -2.21. The van der Waals surface area contributed by atoms with E-state index >= 15 is 0 Å². The van der Waals surface area contributed by atoms with Crippen molar-refractivity contribution in [2.24, 2.45) is 12.8 Å². The molecule has 3 rings (SSSR count). The first kappa shape index (κ1) is 17.1. The molecular formula is C16H22ClN5O. The molecule has 2 aromatic rings. The maximum Gasteiger partial charge on any atom is 0.243 e. The molecule has 124 valence electrons. The Morgan fingerprint density at radius 2 is 1.96 bits per heavy atom. The number of primary amides is 1. The number of hydrogen-bond donors (Lipinski definition) is 2. The van der Waals surface area contributed by atoms with Gasteiger partial charge >= 0.3 is 0 Å². The number of aromatic nitrogens is 2. The van der Waals surface area contributed by atoms with Gasteiger partial charge in [0.05, 0.1) is 13.6 Å². The molecular weight excluding hydrogens is 314 g/mol. The molecule has 1 fully saturated rings. The molecule has 2 heterocycles. The van der Waals surface area contributed by atoms with Crippen molar-refractivity contribution < 1.29 is 21.8 Å².